The van der Waals surface area contributed by atoms with Crippen molar-refractivity contribution in [2.45, 2.75) is 6.18 Å². The zero-order valence-corrected chi connectivity index (χ0v) is 5.15. The maximum atomic E-state index is 11.4. The standard InChI is InChI=1S/C5H7F3N2/c1-2-4(9)10-3-5(6,7)8/h2H,1,3H2,(H2,9,10). The maximum absolute atomic E-state index is 11.4. The first-order valence-corrected chi connectivity index (χ1v) is 2.45. The molecule has 0 saturated heterocycles. The smallest absolute Gasteiger partial charge is 0.384 e. The molecule has 0 aromatic heterocycles. The summed E-state index contributed by atoms with van der Waals surface area (Å²) in [7, 11) is 0. The molecule has 0 fully saturated rings. The molecule has 0 rings (SSSR count). The summed E-state index contributed by atoms with van der Waals surface area (Å²) in [5.41, 5.74) is 4.91. The maximum Gasteiger partial charge on any atom is 0.408 e. The summed E-state index contributed by atoms with van der Waals surface area (Å²) in [6.07, 6.45) is -3.22. The molecule has 0 bridgehead atoms. The summed E-state index contributed by atoms with van der Waals surface area (Å²) in [5.74, 6) is -0.197. The van der Waals surface area contributed by atoms with Crippen molar-refractivity contribution < 1.29 is 13.2 Å². The van der Waals surface area contributed by atoms with E-state index in [1.807, 2.05) is 0 Å². The monoisotopic (exact) mass is 152 g/mol. The molecule has 0 saturated carbocycles. The first-order valence-electron chi connectivity index (χ1n) is 2.45. The van der Waals surface area contributed by atoms with Gasteiger partial charge in [-0.3, -0.25) is 4.99 Å². The SMILES string of the molecule is C=C/C(N)=N\CC(F)(F)F. The second kappa shape index (κ2) is 3.24. The molecule has 2 N–H and O–H groups in total. The lowest BCUT2D eigenvalue weighted by Gasteiger charge is -2.00. The molecule has 0 aromatic carbocycles. The number of nitrogens with two attached hydrogens (primary N) is 1. The van der Waals surface area contributed by atoms with Crippen LogP contribution in [0.4, 0.5) is 13.2 Å². The highest BCUT2D eigenvalue weighted by Crippen LogP contribution is 2.13. The van der Waals surface area contributed by atoms with E-state index in [1.165, 1.54) is 0 Å². The van der Waals surface area contributed by atoms with Gasteiger partial charge in [-0.1, -0.05) is 6.58 Å². The highest BCUT2D eigenvalue weighted by atomic mass is 19.4. The average molecular weight is 152 g/mol. The topological polar surface area (TPSA) is 38.4 Å². The second-order valence-corrected chi connectivity index (χ2v) is 1.56. The Morgan fingerprint density at radius 3 is 2.40 bits per heavy atom. The first kappa shape index (κ1) is 9.00. The minimum absolute atomic E-state index is 0.197. The largest absolute Gasteiger partial charge is 0.408 e. The summed E-state index contributed by atoms with van der Waals surface area (Å²) in [4.78, 5) is 2.97. The fourth-order valence-corrected chi connectivity index (χ4v) is 0.245. The number of nitrogens with zero attached hydrogens (tertiary/aromatic N) is 1. The minimum atomic E-state index is -4.28. The van der Waals surface area contributed by atoms with Gasteiger partial charge in [-0.05, 0) is 6.08 Å². The van der Waals surface area contributed by atoms with Gasteiger partial charge in [0.15, 0.2) is 0 Å². The molecule has 0 aromatic rings. The zero-order valence-electron chi connectivity index (χ0n) is 5.15. The van der Waals surface area contributed by atoms with E-state index in [0.717, 1.165) is 6.08 Å². The number of amidine groups is 1. The van der Waals surface area contributed by atoms with Gasteiger partial charge in [-0.15, -0.1) is 0 Å². The van der Waals surface area contributed by atoms with Crippen molar-refractivity contribution in [3.8, 4) is 0 Å². The molecular weight excluding hydrogens is 145 g/mol. The molecule has 0 amide bonds. The van der Waals surface area contributed by atoms with Crippen LogP contribution < -0.4 is 5.73 Å². The van der Waals surface area contributed by atoms with Gasteiger partial charge in [0.05, 0.1) is 0 Å². The normalized spacial score (nSPS) is 13.3. The van der Waals surface area contributed by atoms with Gasteiger partial charge in [0.1, 0.15) is 12.4 Å². The molecule has 0 aliphatic heterocycles. The Kier molecular flexibility index (Phi) is 2.92. The predicted molar refractivity (Wildman–Crippen MR) is 32.7 cm³/mol. The van der Waals surface area contributed by atoms with Crippen LogP contribution in [0.5, 0.6) is 0 Å². The Bertz CT molecular complexity index is 147. The van der Waals surface area contributed by atoms with E-state index < -0.39 is 12.7 Å². The first-order chi connectivity index (χ1) is 4.45. The molecule has 5 heteroatoms. The van der Waals surface area contributed by atoms with Gasteiger partial charge >= 0.3 is 6.18 Å². The second-order valence-electron chi connectivity index (χ2n) is 1.56. The van der Waals surface area contributed by atoms with Crippen molar-refractivity contribution in [3.05, 3.63) is 12.7 Å². The lowest BCUT2D eigenvalue weighted by molar-refractivity contribution is -0.118. The quantitative estimate of drug-likeness (QED) is 0.466. The van der Waals surface area contributed by atoms with Gasteiger partial charge in [0, 0.05) is 0 Å². The molecule has 0 radical (unpaired) electrons. The van der Waals surface area contributed by atoms with Gasteiger partial charge in [-0.25, -0.2) is 0 Å². The van der Waals surface area contributed by atoms with Crippen molar-refractivity contribution in [1.29, 1.82) is 0 Å². The van der Waals surface area contributed by atoms with Crippen LogP contribution in [0, 0.1) is 0 Å². The molecule has 0 heterocycles. The number of hydrogen-bond donors (Lipinski definition) is 1. The Morgan fingerprint density at radius 2 is 2.10 bits per heavy atom. The van der Waals surface area contributed by atoms with Crippen molar-refractivity contribution in [1.82, 2.24) is 0 Å². The van der Waals surface area contributed by atoms with Crippen molar-refractivity contribution >= 4 is 5.84 Å². The van der Waals surface area contributed by atoms with E-state index in [1.54, 1.807) is 0 Å². The predicted octanol–water partition coefficient (Wildman–Crippen LogP) is 1.09. The third-order valence-corrected chi connectivity index (χ3v) is 0.650. The van der Waals surface area contributed by atoms with E-state index >= 15 is 0 Å². The minimum Gasteiger partial charge on any atom is -0.384 e. The zero-order chi connectivity index (χ0) is 8.20. The number of aliphatic imine (C=N–C) groups is 1. The number of rotatable bonds is 2. The van der Waals surface area contributed by atoms with Gasteiger partial charge in [0.25, 0.3) is 0 Å². The molecule has 0 spiro atoms. The van der Waals surface area contributed by atoms with E-state index in [0.29, 0.717) is 0 Å². The Hall–Kier alpha value is -1.00. The van der Waals surface area contributed by atoms with Crippen molar-refractivity contribution in [2.75, 3.05) is 6.54 Å². The molecule has 0 unspecified atom stereocenters. The summed E-state index contributed by atoms with van der Waals surface area (Å²) in [6, 6.07) is 0. The number of alkyl halides is 3. The van der Waals surface area contributed by atoms with Crippen molar-refractivity contribution in [2.24, 2.45) is 10.7 Å². The Morgan fingerprint density at radius 1 is 1.60 bits per heavy atom. The molecule has 2 nitrogen and oxygen atoms in total. The lowest BCUT2D eigenvalue weighted by Crippen LogP contribution is -2.16. The molecule has 10 heavy (non-hydrogen) atoms. The number of halogens is 3. The van der Waals surface area contributed by atoms with Gasteiger partial charge in [0.2, 0.25) is 0 Å². The highest BCUT2D eigenvalue weighted by molar-refractivity contribution is 5.90. The lowest BCUT2D eigenvalue weighted by atomic mass is 10.5. The summed E-state index contributed by atoms with van der Waals surface area (Å²) in [5, 5.41) is 0. The third-order valence-electron chi connectivity index (χ3n) is 0.650. The Labute approximate surface area is 56.2 Å². The van der Waals surface area contributed by atoms with E-state index in [2.05, 4.69) is 11.6 Å². The van der Waals surface area contributed by atoms with Crippen LogP contribution in [-0.4, -0.2) is 18.6 Å². The van der Waals surface area contributed by atoms with E-state index in [9.17, 15) is 13.2 Å². The molecule has 0 aliphatic rings. The average Bonchev–Trinajstić information content (AvgIpc) is 1.81. The molecule has 0 aliphatic carbocycles. The summed E-state index contributed by atoms with van der Waals surface area (Å²) < 4.78 is 34.1. The fourth-order valence-electron chi connectivity index (χ4n) is 0.245. The van der Waals surface area contributed by atoms with Crippen LogP contribution in [0.2, 0.25) is 0 Å². The van der Waals surface area contributed by atoms with E-state index in [4.69, 9.17) is 5.73 Å². The van der Waals surface area contributed by atoms with Crippen LogP contribution in [0.15, 0.2) is 17.6 Å². The van der Waals surface area contributed by atoms with Crippen LogP contribution in [0.3, 0.4) is 0 Å². The highest BCUT2D eigenvalue weighted by Gasteiger charge is 2.26. The molecule has 58 valence electrons. The third kappa shape index (κ3) is 5.14. The molecule has 0 atom stereocenters. The summed E-state index contributed by atoms with van der Waals surface area (Å²) >= 11 is 0. The van der Waals surface area contributed by atoms with E-state index in [-0.39, 0.29) is 5.84 Å². The number of hydrogen-bond acceptors (Lipinski definition) is 1. The molecular formula is C5H7F3N2. The van der Waals surface area contributed by atoms with Crippen LogP contribution in [-0.2, 0) is 0 Å². The fraction of sp³-hybridized carbons (Fsp3) is 0.400. The van der Waals surface area contributed by atoms with Crippen LogP contribution in [0.25, 0.3) is 0 Å². The van der Waals surface area contributed by atoms with Crippen LogP contribution in [0.1, 0.15) is 0 Å². The van der Waals surface area contributed by atoms with Gasteiger partial charge in [-0.2, -0.15) is 13.2 Å². The van der Waals surface area contributed by atoms with Gasteiger partial charge < -0.3 is 5.73 Å². The Balaban J connectivity index is 3.84. The summed E-state index contributed by atoms with van der Waals surface area (Å²) in [6.45, 7) is 1.89. The van der Waals surface area contributed by atoms with Crippen molar-refractivity contribution in [3.63, 3.8) is 0 Å². The van der Waals surface area contributed by atoms with Crippen LogP contribution >= 0.6 is 0 Å².